The Labute approximate surface area is 61.9 Å². The summed E-state index contributed by atoms with van der Waals surface area (Å²) < 4.78 is 0. The molecule has 1 atom stereocenters. The average molecular weight is 144 g/mol. The third-order valence-corrected chi connectivity index (χ3v) is 1.14. The summed E-state index contributed by atoms with van der Waals surface area (Å²) in [5, 5.41) is 11.9. The number of aliphatic hydroxyl groups excluding tert-OH is 1. The summed E-state index contributed by atoms with van der Waals surface area (Å²) in [6, 6.07) is 0. The van der Waals surface area contributed by atoms with Crippen LogP contribution in [-0.2, 0) is 0 Å². The molecule has 4 N–H and O–H groups in total. The number of hydrogen-bond acceptors (Lipinski definition) is 3. The van der Waals surface area contributed by atoms with Gasteiger partial charge in [-0.2, -0.15) is 0 Å². The molecule has 0 saturated carbocycles. The Morgan fingerprint density at radius 3 is 2.10 bits per heavy atom. The summed E-state index contributed by atoms with van der Waals surface area (Å²) in [6.07, 6.45) is -0.634. The third kappa shape index (κ3) is 3.35. The molecular weight excluding hydrogens is 128 g/mol. The second kappa shape index (κ2) is 2.92. The van der Waals surface area contributed by atoms with Gasteiger partial charge in [-0.25, -0.2) is 0 Å². The summed E-state index contributed by atoms with van der Waals surface area (Å²) in [5.41, 5.74) is 5.02. The Balaban J connectivity index is 3.85. The molecule has 1 unspecified atom stereocenters. The number of aliphatic hydroxyl groups is 1. The predicted molar refractivity (Wildman–Crippen MR) is 41.9 cm³/mol. The summed E-state index contributed by atoms with van der Waals surface area (Å²) in [7, 11) is 0. The minimum Gasteiger partial charge on any atom is -0.386 e. The van der Waals surface area contributed by atoms with E-state index in [1.165, 1.54) is 0 Å². The van der Waals surface area contributed by atoms with E-state index in [0.717, 1.165) is 0 Å². The van der Waals surface area contributed by atoms with Crippen molar-refractivity contribution in [2.75, 3.05) is 0 Å². The zero-order chi connectivity index (χ0) is 8.36. The molecule has 0 aliphatic heterocycles. The number of nitrogens with one attached hydrogen (secondary N) is 1. The zero-order valence-corrected chi connectivity index (χ0v) is 6.81. The molecule has 0 bridgehead atoms. The van der Waals surface area contributed by atoms with Gasteiger partial charge in [-0.05, 0) is 0 Å². The fourth-order valence-electron chi connectivity index (χ4n) is 0.392. The van der Waals surface area contributed by atoms with Crippen molar-refractivity contribution in [3.05, 3.63) is 12.4 Å². The van der Waals surface area contributed by atoms with Gasteiger partial charge in [0.05, 0.1) is 5.82 Å². The molecule has 0 saturated heterocycles. The molecule has 0 radical (unpaired) electrons. The summed E-state index contributed by atoms with van der Waals surface area (Å²) in [5.74, 6) is 0.294. The van der Waals surface area contributed by atoms with Gasteiger partial charge >= 0.3 is 0 Å². The highest BCUT2D eigenvalue weighted by Gasteiger charge is 2.21. The second-order valence-electron chi connectivity index (χ2n) is 3.44. The van der Waals surface area contributed by atoms with Crippen LogP contribution < -0.4 is 11.1 Å². The first-order valence-electron chi connectivity index (χ1n) is 3.23. The zero-order valence-electron chi connectivity index (χ0n) is 6.81. The van der Waals surface area contributed by atoms with Crippen LogP contribution >= 0.6 is 0 Å². The lowest BCUT2D eigenvalue weighted by Crippen LogP contribution is -2.41. The van der Waals surface area contributed by atoms with Crippen LogP contribution in [0.5, 0.6) is 0 Å². The van der Waals surface area contributed by atoms with E-state index in [2.05, 4.69) is 11.9 Å². The largest absolute Gasteiger partial charge is 0.386 e. The van der Waals surface area contributed by atoms with Crippen molar-refractivity contribution in [3.8, 4) is 0 Å². The van der Waals surface area contributed by atoms with Gasteiger partial charge < -0.3 is 16.2 Å². The molecule has 0 rings (SSSR count). The van der Waals surface area contributed by atoms with Crippen LogP contribution in [-0.4, -0.2) is 11.3 Å². The maximum atomic E-state index is 9.30. The van der Waals surface area contributed by atoms with E-state index in [1.54, 1.807) is 0 Å². The number of hydrogen-bond donors (Lipinski definition) is 3. The molecule has 0 aromatic heterocycles. The second-order valence-corrected chi connectivity index (χ2v) is 3.44. The average Bonchev–Trinajstić information content (AvgIpc) is 1.60. The lowest BCUT2D eigenvalue weighted by atomic mass is 9.94. The fraction of sp³-hybridized carbons (Fsp3) is 0.714. The number of nitrogens with two attached hydrogens (primary N) is 1. The molecule has 3 heteroatoms. The Morgan fingerprint density at radius 2 is 2.00 bits per heavy atom. The lowest BCUT2D eigenvalue weighted by molar-refractivity contribution is 0.0419. The van der Waals surface area contributed by atoms with Gasteiger partial charge in [0.1, 0.15) is 6.23 Å². The van der Waals surface area contributed by atoms with Gasteiger partial charge in [0.15, 0.2) is 0 Å². The summed E-state index contributed by atoms with van der Waals surface area (Å²) in [4.78, 5) is 0. The molecule has 10 heavy (non-hydrogen) atoms. The Hall–Kier alpha value is -0.700. The maximum absolute atomic E-state index is 9.30. The van der Waals surface area contributed by atoms with Crippen molar-refractivity contribution in [1.29, 1.82) is 0 Å². The molecule has 0 spiro atoms. The lowest BCUT2D eigenvalue weighted by Gasteiger charge is -2.26. The highest BCUT2D eigenvalue weighted by Crippen LogP contribution is 2.16. The van der Waals surface area contributed by atoms with Crippen LogP contribution in [0, 0.1) is 5.41 Å². The van der Waals surface area contributed by atoms with E-state index in [0.29, 0.717) is 5.82 Å². The van der Waals surface area contributed by atoms with Gasteiger partial charge in [0.25, 0.3) is 0 Å². The fourth-order valence-corrected chi connectivity index (χ4v) is 0.392. The molecule has 0 aliphatic carbocycles. The molecule has 0 heterocycles. The highest BCUT2D eigenvalue weighted by molar-refractivity contribution is 4.86. The summed E-state index contributed by atoms with van der Waals surface area (Å²) >= 11 is 0. The van der Waals surface area contributed by atoms with Crippen LogP contribution in [0.3, 0.4) is 0 Å². The SMILES string of the molecule is C=C(N)NC(O)C(C)(C)C. The first-order valence-corrected chi connectivity index (χ1v) is 3.23. The van der Waals surface area contributed by atoms with Crippen molar-refractivity contribution in [3.63, 3.8) is 0 Å². The topological polar surface area (TPSA) is 58.3 Å². The molecule has 0 aliphatic rings. The molecule has 3 nitrogen and oxygen atoms in total. The first kappa shape index (κ1) is 9.30. The number of rotatable bonds is 2. The van der Waals surface area contributed by atoms with Crippen LogP contribution in [0.1, 0.15) is 20.8 Å². The van der Waals surface area contributed by atoms with Gasteiger partial charge in [-0.3, -0.25) is 0 Å². The van der Waals surface area contributed by atoms with Crippen molar-refractivity contribution < 1.29 is 5.11 Å². The van der Waals surface area contributed by atoms with Gasteiger partial charge in [0, 0.05) is 5.41 Å². The molecule has 0 aromatic rings. The van der Waals surface area contributed by atoms with Gasteiger partial charge in [-0.15, -0.1) is 0 Å². The van der Waals surface area contributed by atoms with Crippen LogP contribution in [0.2, 0.25) is 0 Å². The molecule has 0 fully saturated rings. The Bertz CT molecular complexity index is 126. The smallest absolute Gasteiger partial charge is 0.130 e. The first-order chi connectivity index (χ1) is 4.34. The predicted octanol–water partition coefficient (Wildman–Crippen LogP) is 0.370. The monoisotopic (exact) mass is 144 g/mol. The van der Waals surface area contributed by atoms with Gasteiger partial charge in [-0.1, -0.05) is 27.4 Å². The van der Waals surface area contributed by atoms with Crippen molar-refractivity contribution >= 4 is 0 Å². The molecular formula is C7H16N2O. The van der Waals surface area contributed by atoms with E-state index >= 15 is 0 Å². The van der Waals surface area contributed by atoms with E-state index < -0.39 is 6.23 Å². The molecule has 0 aromatic carbocycles. The minimum atomic E-state index is -0.634. The summed E-state index contributed by atoms with van der Waals surface area (Å²) in [6.45, 7) is 9.15. The minimum absolute atomic E-state index is 0.206. The Kier molecular flexibility index (Phi) is 2.72. The molecule has 60 valence electrons. The van der Waals surface area contributed by atoms with Crippen molar-refractivity contribution in [2.24, 2.45) is 11.1 Å². The van der Waals surface area contributed by atoms with E-state index in [9.17, 15) is 5.11 Å². The van der Waals surface area contributed by atoms with Crippen molar-refractivity contribution in [2.45, 2.75) is 27.0 Å². The van der Waals surface area contributed by atoms with E-state index in [4.69, 9.17) is 5.73 Å². The van der Waals surface area contributed by atoms with E-state index in [1.807, 2.05) is 20.8 Å². The standard InChI is InChI=1S/C7H16N2O/c1-5(8)9-6(10)7(2,3)4/h6,9-10H,1,8H2,2-4H3. The van der Waals surface area contributed by atoms with Crippen LogP contribution in [0.25, 0.3) is 0 Å². The van der Waals surface area contributed by atoms with E-state index in [-0.39, 0.29) is 5.41 Å². The third-order valence-electron chi connectivity index (χ3n) is 1.14. The van der Waals surface area contributed by atoms with Crippen molar-refractivity contribution in [1.82, 2.24) is 5.32 Å². The Morgan fingerprint density at radius 1 is 1.60 bits per heavy atom. The van der Waals surface area contributed by atoms with Crippen LogP contribution in [0.4, 0.5) is 0 Å². The molecule has 0 amide bonds. The van der Waals surface area contributed by atoms with Crippen LogP contribution in [0.15, 0.2) is 12.4 Å². The normalized spacial score (nSPS) is 14.4. The van der Waals surface area contributed by atoms with Gasteiger partial charge in [0.2, 0.25) is 0 Å². The maximum Gasteiger partial charge on any atom is 0.130 e. The highest BCUT2D eigenvalue weighted by atomic mass is 16.3. The quantitative estimate of drug-likeness (QED) is 0.491.